The van der Waals surface area contributed by atoms with Crippen LogP contribution < -0.4 is 10.4 Å². The van der Waals surface area contributed by atoms with Crippen LogP contribution in [-0.4, -0.2) is 0 Å². The van der Waals surface area contributed by atoms with Crippen LogP contribution in [0, 0.1) is 5.92 Å². The molecule has 0 heterocycles. The molecule has 0 N–H and O–H groups in total. The van der Waals surface area contributed by atoms with Gasteiger partial charge in [0.25, 0.3) is 0 Å². The number of hydrogen-bond donors (Lipinski definition) is 0. The maximum atomic E-state index is 2.51. The summed E-state index contributed by atoms with van der Waals surface area (Å²) < 4.78 is 0. The van der Waals surface area contributed by atoms with E-state index in [1.807, 2.05) is 0 Å². The molecule has 6 rings (SSSR count). The smallest absolute Gasteiger partial charge is 0.00669 e. The topological polar surface area (TPSA) is 0 Å². The Labute approximate surface area is 129 Å². The molecule has 2 atom stereocenters. The van der Waals surface area contributed by atoms with Gasteiger partial charge in [-0.15, -0.1) is 0 Å². The molecule has 1 fully saturated rings. The molecule has 104 valence electrons. The van der Waals surface area contributed by atoms with E-state index in [1.54, 1.807) is 5.56 Å². The molecule has 3 aliphatic rings. The summed E-state index contributed by atoms with van der Waals surface area (Å²) in [5, 5.41) is 8.88. The third-order valence-electron chi connectivity index (χ3n) is 5.72. The lowest BCUT2D eigenvalue weighted by Crippen LogP contribution is -2.13. The van der Waals surface area contributed by atoms with Crippen molar-refractivity contribution in [2.75, 3.05) is 0 Å². The van der Waals surface area contributed by atoms with Crippen LogP contribution in [0.2, 0.25) is 0 Å². The second-order valence-electron chi connectivity index (χ2n) is 6.90. The third-order valence-corrected chi connectivity index (χ3v) is 5.72. The van der Waals surface area contributed by atoms with Gasteiger partial charge in [-0.2, -0.15) is 0 Å². The van der Waals surface area contributed by atoms with Gasteiger partial charge in [0.05, 0.1) is 0 Å². The van der Waals surface area contributed by atoms with Gasteiger partial charge in [-0.25, -0.2) is 0 Å². The van der Waals surface area contributed by atoms with Crippen LogP contribution in [-0.2, 0) is 6.42 Å². The average Bonchev–Trinajstić information content (AvgIpc) is 3.34. The van der Waals surface area contributed by atoms with Crippen molar-refractivity contribution in [3.63, 3.8) is 0 Å². The van der Waals surface area contributed by atoms with Crippen LogP contribution in [0.5, 0.6) is 0 Å². The summed E-state index contributed by atoms with van der Waals surface area (Å²) in [4.78, 5) is 0. The Morgan fingerprint density at radius 2 is 1.73 bits per heavy atom. The molecule has 3 aromatic carbocycles. The number of fused-ring (bicyclic) bond motifs is 4. The van der Waals surface area contributed by atoms with Gasteiger partial charge in [0, 0.05) is 0 Å². The summed E-state index contributed by atoms with van der Waals surface area (Å²) in [5.41, 5.74) is 3.15. The Hall–Kier alpha value is -2.34. The van der Waals surface area contributed by atoms with E-state index in [0.29, 0.717) is 0 Å². The van der Waals surface area contributed by atoms with Crippen LogP contribution in [0.15, 0.2) is 48.6 Å². The monoisotopic (exact) mass is 280 g/mol. The molecule has 0 spiro atoms. The average molecular weight is 280 g/mol. The van der Waals surface area contributed by atoms with Gasteiger partial charge in [0.15, 0.2) is 0 Å². The van der Waals surface area contributed by atoms with Crippen LogP contribution in [0.4, 0.5) is 0 Å². The van der Waals surface area contributed by atoms with E-state index in [-0.39, 0.29) is 0 Å². The van der Waals surface area contributed by atoms with E-state index in [9.17, 15) is 0 Å². The molecular formula is C22H16. The summed E-state index contributed by atoms with van der Waals surface area (Å²) >= 11 is 0. The predicted octanol–water partition coefficient (Wildman–Crippen LogP) is 3.78. The Bertz CT molecular complexity index is 1130. The molecule has 0 aliphatic heterocycles. The van der Waals surface area contributed by atoms with Gasteiger partial charge in [-0.3, -0.25) is 0 Å². The highest BCUT2D eigenvalue weighted by Gasteiger charge is 2.41. The van der Waals surface area contributed by atoms with E-state index < -0.39 is 0 Å². The zero-order chi connectivity index (χ0) is 14.3. The normalized spacial score (nSPS) is 23.6. The first-order valence-corrected chi connectivity index (χ1v) is 8.27. The summed E-state index contributed by atoms with van der Waals surface area (Å²) in [7, 11) is 0. The van der Waals surface area contributed by atoms with E-state index in [2.05, 4.69) is 60.7 Å². The van der Waals surface area contributed by atoms with Gasteiger partial charge in [0.1, 0.15) is 0 Å². The highest BCUT2D eigenvalue weighted by molar-refractivity contribution is 6.08. The lowest BCUT2D eigenvalue weighted by Gasteiger charge is -2.19. The SMILES string of the molecule is C1=CCc2c3cccc4c3c(c3cccc(c23)=C1)C1CC1C=4. The van der Waals surface area contributed by atoms with Crippen LogP contribution >= 0.6 is 0 Å². The van der Waals surface area contributed by atoms with Crippen LogP contribution in [0.25, 0.3) is 33.7 Å². The van der Waals surface area contributed by atoms with Crippen LogP contribution in [0.1, 0.15) is 23.5 Å². The maximum Gasteiger partial charge on any atom is -0.00669 e. The van der Waals surface area contributed by atoms with Gasteiger partial charge < -0.3 is 0 Å². The quantitative estimate of drug-likeness (QED) is 0.550. The molecule has 1 saturated carbocycles. The second kappa shape index (κ2) is 3.70. The molecule has 3 aliphatic carbocycles. The fourth-order valence-corrected chi connectivity index (χ4v) is 4.72. The first-order valence-electron chi connectivity index (χ1n) is 8.27. The van der Waals surface area contributed by atoms with Crippen molar-refractivity contribution < 1.29 is 0 Å². The van der Waals surface area contributed by atoms with E-state index in [4.69, 9.17) is 0 Å². The summed E-state index contributed by atoms with van der Waals surface area (Å²) in [6.07, 6.45) is 11.7. The zero-order valence-electron chi connectivity index (χ0n) is 12.3. The molecule has 0 radical (unpaired) electrons. The molecule has 0 nitrogen and oxygen atoms in total. The molecule has 2 unspecified atom stereocenters. The molecule has 3 aromatic rings. The van der Waals surface area contributed by atoms with Crippen molar-refractivity contribution in [1.82, 2.24) is 0 Å². The van der Waals surface area contributed by atoms with Crippen molar-refractivity contribution in [2.24, 2.45) is 5.92 Å². The Balaban J connectivity index is 2.02. The number of rotatable bonds is 0. The van der Waals surface area contributed by atoms with E-state index in [0.717, 1.165) is 18.3 Å². The van der Waals surface area contributed by atoms with Gasteiger partial charge in [-0.05, 0) is 67.8 Å². The minimum atomic E-state index is 0.762. The van der Waals surface area contributed by atoms with Crippen molar-refractivity contribution in [2.45, 2.75) is 18.8 Å². The molecule has 0 bridgehead atoms. The van der Waals surface area contributed by atoms with Gasteiger partial charge >= 0.3 is 0 Å². The standard InChI is InChI=1S/C22H16/c1-2-8-16-17-9-4-7-14-11-15-12-19(15)22(21(14)17)18-10-3-6-13(5-1)20(16)18/h1-7,9-11,15,19H,8,12H2. The van der Waals surface area contributed by atoms with Gasteiger partial charge in [-0.1, -0.05) is 60.7 Å². The summed E-state index contributed by atoms with van der Waals surface area (Å²) in [5.74, 6) is 1.54. The van der Waals surface area contributed by atoms with Crippen molar-refractivity contribution in [3.8, 4) is 0 Å². The minimum absolute atomic E-state index is 0.762. The van der Waals surface area contributed by atoms with Crippen molar-refractivity contribution >= 4 is 33.7 Å². The third kappa shape index (κ3) is 1.25. The Kier molecular flexibility index (Phi) is 1.89. The second-order valence-corrected chi connectivity index (χ2v) is 6.90. The van der Waals surface area contributed by atoms with Crippen molar-refractivity contribution in [1.29, 1.82) is 0 Å². The first-order chi connectivity index (χ1) is 10.9. The number of benzene rings is 3. The molecule has 0 saturated heterocycles. The van der Waals surface area contributed by atoms with Gasteiger partial charge in [0.2, 0.25) is 0 Å². The maximum absolute atomic E-state index is 2.51. The zero-order valence-corrected chi connectivity index (χ0v) is 12.3. The Morgan fingerprint density at radius 3 is 2.68 bits per heavy atom. The van der Waals surface area contributed by atoms with E-state index >= 15 is 0 Å². The minimum Gasteiger partial charge on any atom is -0.0801 e. The fourth-order valence-electron chi connectivity index (χ4n) is 4.72. The van der Waals surface area contributed by atoms with Crippen LogP contribution in [0.3, 0.4) is 0 Å². The molecule has 0 aromatic heterocycles. The lowest BCUT2D eigenvalue weighted by atomic mass is 9.85. The summed E-state index contributed by atoms with van der Waals surface area (Å²) in [6, 6.07) is 13.7. The number of hydrogen-bond acceptors (Lipinski definition) is 0. The highest BCUT2D eigenvalue weighted by Crippen LogP contribution is 2.54. The predicted molar refractivity (Wildman–Crippen MR) is 93.3 cm³/mol. The van der Waals surface area contributed by atoms with Crippen molar-refractivity contribution in [3.05, 3.63) is 70.1 Å². The number of allylic oxidation sites excluding steroid dienone is 2. The Morgan fingerprint density at radius 1 is 0.864 bits per heavy atom. The summed E-state index contributed by atoms with van der Waals surface area (Å²) in [6.45, 7) is 0. The fraction of sp³-hybridized carbons (Fsp3) is 0.182. The molecule has 22 heavy (non-hydrogen) atoms. The molecular weight excluding hydrogens is 264 g/mol. The highest BCUT2D eigenvalue weighted by atomic mass is 14.4. The molecule has 0 heteroatoms. The van der Waals surface area contributed by atoms with E-state index in [1.165, 1.54) is 44.0 Å². The first kappa shape index (κ1) is 11.3. The molecule has 0 amide bonds. The lowest BCUT2D eigenvalue weighted by molar-refractivity contribution is 1.06. The largest absolute Gasteiger partial charge is 0.0801 e.